The van der Waals surface area contributed by atoms with Crippen LogP contribution in [0.15, 0.2) is 30.6 Å². The first-order valence-corrected chi connectivity index (χ1v) is 6.14. The average Bonchev–Trinajstić information content (AvgIpc) is 2.48. The molecule has 2 heterocycles. The van der Waals surface area contributed by atoms with Crippen LogP contribution in [0, 0.1) is 10.1 Å². The van der Waals surface area contributed by atoms with E-state index in [1.54, 1.807) is 19.2 Å². The molecule has 9 heteroatoms. The van der Waals surface area contributed by atoms with Crippen molar-refractivity contribution in [3.8, 4) is 0 Å². The molecule has 0 atom stereocenters. The van der Waals surface area contributed by atoms with Crippen LogP contribution in [0.2, 0.25) is 5.02 Å². The van der Waals surface area contributed by atoms with Gasteiger partial charge in [0.25, 0.3) is 11.6 Å². The summed E-state index contributed by atoms with van der Waals surface area (Å²) in [6.07, 6.45) is 2.53. The second-order valence-electron chi connectivity index (χ2n) is 3.88. The topological polar surface area (TPSA) is 110 Å². The van der Waals surface area contributed by atoms with Gasteiger partial charge in [-0.3, -0.25) is 14.9 Å². The number of hydrogen-bond acceptors (Lipinski definition) is 6. The Hall–Kier alpha value is -2.74. The lowest BCUT2D eigenvalue weighted by atomic mass is 10.2. The fourth-order valence-electron chi connectivity index (χ4n) is 1.58. The summed E-state index contributed by atoms with van der Waals surface area (Å²) in [5.74, 6) is -0.223. The predicted octanol–water partition coefficient (Wildman–Crippen LogP) is 2.33. The summed E-state index contributed by atoms with van der Waals surface area (Å²) in [4.78, 5) is 30.1. The van der Waals surface area contributed by atoms with Gasteiger partial charge in [-0.25, -0.2) is 9.97 Å². The van der Waals surface area contributed by atoms with E-state index in [9.17, 15) is 14.9 Å². The van der Waals surface area contributed by atoms with Gasteiger partial charge in [0, 0.05) is 19.3 Å². The van der Waals surface area contributed by atoms with Crippen molar-refractivity contribution < 1.29 is 9.72 Å². The maximum absolute atomic E-state index is 12.2. The van der Waals surface area contributed by atoms with Crippen molar-refractivity contribution in [2.45, 2.75) is 0 Å². The van der Waals surface area contributed by atoms with Gasteiger partial charge >= 0.3 is 0 Å². The first kappa shape index (κ1) is 14.7. The number of rotatable bonds is 4. The number of nitrogens with zero attached hydrogens (tertiary/aromatic N) is 3. The second-order valence-corrected chi connectivity index (χ2v) is 4.29. The molecule has 0 fully saturated rings. The van der Waals surface area contributed by atoms with Crippen LogP contribution in [-0.2, 0) is 0 Å². The van der Waals surface area contributed by atoms with E-state index in [4.69, 9.17) is 11.6 Å². The van der Waals surface area contributed by atoms with Gasteiger partial charge in [-0.05, 0) is 12.1 Å². The smallest absolute Gasteiger partial charge is 0.288 e. The molecule has 108 valence electrons. The highest BCUT2D eigenvalue weighted by Gasteiger charge is 2.18. The van der Waals surface area contributed by atoms with Crippen molar-refractivity contribution in [1.82, 2.24) is 9.97 Å². The third-order valence-corrected chi connectivity index (χ3v) is 2.86. The quantitative estimate of drug-likeness (QED) is 0.662. The van der Waals surface area contributed by atoms with Crippen molar-refractivity contribution in [1.29, 1.82) is 0 Å². The molecule has 2 aromatic rings. The molecule has 0 aliphatic rings. The number of hydrogen-bond donors (Lipinski definition) is 2. The zero-order valence-electron chi connectivity index (χ0n) is 10.8. The lowest BCUT2D eigenvalue weighted by Gasteiger charge is -2.09. The number of aromatic nitrogens is 2. The Bertz CT molecular complexity index is 707. The standard InChI is InChI=1S/C12H10ClN5O3/c1-14-10-8(5-7(6-16-10)18(20)21)12(19)17-11-9(13)3-2-4-15-11/h2-6H,1H3,(H,14,16)(H,15,17,19). The normalized spacial score (nSPS) is 10.0. The molecular weight excluding hydrogens is 298 g/mol. The molecular formula is C12H10ClN5O3. The summed E-state index contributed by atoms with van der Waals surface area (Å²) in [5.41, 5.74) is -0.264. The van der Waals surface area contributed by atoms with Gasteiger partial charge < -0.3 is 10.6 Å². The molecule has 0 aromatic carbocycles. The fraction of sp³-hybridized carbons (Fsp3) is 0.0833. The summed E-state index contributed by atoms with van der Waals surface area (Å²) in [5, 5.41) is 16.2. The molecule has 0 saturated carbocycles. The van der Waals surface area contributed by atoms with Gasteiger partial charge in [0.05, 0.1) is 15.5 Å². The number of carbonyl (C=O) groups is 1. The average molecular weight is 308 g/mol. The number of amides is 1. The van der Waals surface area contributed by atoms with Crippen LogP contribution < -0.4 is 10.6 Å². The van der Waals surface area contributed by atoms with E-state index in [2.05, 4.69) is 20.6 Å². The Morgan fingerprint density at radius 3 is 2.76 bits per heavy atom. The molecule has 0 unspecified atom stereocenters. The Morgan fingerprint density at radius 1 is 1.38 bits per heavy atom. The van der Waals surface area contributed by atoms with Gasteiger partial charge in [-0.1, -0.05) is 11.6 Å². The number of nitro groups is 1. The molecule has 0 saturated heterocycles. The third kappa shape index (κ3) is 3.23. The van der Waals surface area contributed by atoms with E-state index >= 15 is 0 Å². The van der Waals surface area contributed by atoms with Gasteiger partial charge in [-0.2, -0.15) is 0 Å². The molecule has 0 radical (unpaired) electrons. The fourth-order valence-corrected chi connectivity index (χ4v) is 1.75. The van der Waals surface area contributed by atoms with Crippen molar-refractivity contribution in [3.63, 3.8) is 0 Å². The zero-order valence-corrected chi connectivity index (χ0v) is 11.6. The highest BCUT2D eigenvalue weighted by atomic mass is 35.5. The minimum Gasteiger partial charge on any atom is -0.372 e. The maximum atomic E-state index is 12.2. The third-order valence-electron chi connectivity index (χ3n) is 2.56. The number of nitrogens with one attached hydrogen (secondary N) is 2. The Kier molecular flexibility index (Phi) is 4.29. The van der Waals surface area contributed by atoms with E-state index in [0.717, 1.165) is 12.3 Å². The number of pyridine rings is 2. The molecule has 8 nitrogen and oxygen atoms in total. The summed E-state index contributed by atoms with van der Waals surface area (Å²) >= 11 is 5.89. The second kappa shape index (κ2) is 6.14. The Morgan fingerprint density at radius 2 is 2.14 bits per heavy atom. The number of anilines is 2. The highest BCUT2D eigenvalue weighted by Crippen LogP contribution is 2.22. The molecule has 2 aromatic heterocycles. The SMILES string of the molecule is CNc1ncc([N+](=O)[O-])cc1C(=O)Nc1ncccc1Cl. The molecule has 2 rings (SSSR count). The summed E-state index contributed by atoms with van der Waals surface area (Å²) in [6, 6.07) is 4.31. The molecule has 0 aliphatic heterocycles. The van der Waals surface area contributed by atoms with Gasteiger partial charge in [0.15, 0.2) is 5.82 Å². The van der Waals surface area contributed by atoms with Gasteiger partial charge in [0.1, 0.15) is 12.0 Å². The molecule has 2 N–H and O–H groups in total. The molecule has 1 amide bonds. The van der Waals surface area contributed by atoms with Crippen molar-refractivity contribution in [2.24, 2.45) is 0 Å². The highest BCUT2D eigenvalue weighted by molar-refractivity contribution is 6.33. The lowest BCUT2D eigenvalue weighted by Crippen LogP contribution is -2.16. The molecule has 0 spiro atoms. The van der Waals surface area contributed by atoms with Crippen LogP contribution in [0.3, 0.4) is 0 Å². The van der Waals surface area contributed by atoms with Gasteiger partial charge in [0.2, 0.25) is 0 Å². The summed E-state index contributed by atoms with van der Waals surface area (Å²) in [6.45, 7) is 0. The van der Waals surface area contributed by atoms with Crippen LogP contribution in [0.1, 0.15) is 10.4 Å². The summed E-state index contributed by atoms with van der Waals surface area (Å²) in [7, 11) is 1.55. The van der Waals surface area contributed by atoms with Crippen LogP contribution >= 0.6 is 11.6 Å². The molecule has 0 aliphatic carbocycles. The van der Waals surface area contributed by atoms with Crippen LogP contribution in [0.5, 0.6) is 0 Å². The van der Waals surface area contributed by atoms with Crippen LogP contribution in [0.25, 0.3) is 0 Å². The van der Waals surface area contributed by atoms with Crippen molar-refractivity contribution >= 4 is 34.8 Å². The minimum atomic E-state index is -0.628. The number of carbonyl (C=O) groups excluding carboxylic acids is 1. The van der Waals surface area contributed by atoms with E-state index in [-0.39, 0.29) is 27.9 Å². The first-order valence-electron chi connectivity index (χ1n) is 5.77. The summed E-state index contributed by atoms with van der Waals surface area (Å²) < 4.78 is 0. The van der Waals surface area contributed by atoms with E-state index in [1.807, 2.05) is 0 Å². The molecule has 0 bridgehead atoms. The van der Waals surface area contributed by atoms with Crippen molar-refractivity contribution in [3.05, 3.63) is 51.3 Å². The van der Waals surface area contributed by atoms with E-state index < -0.39 is 10.8 Å². The van der Waals surface area contributed by atoms with E-state index in [0.29, 0.717) is 0 Å². The monoisotopic (exact) mass is 307 g/mol. The zero-order chi connectivity index (χ0) is 15.4. The van der Waals surface area contributed by atoms with E-state index in [1.165, 1.54) is 6.20 Å². The van der Waals surface area contributed by atoms with Crippen LogP contribution in [0.4, 0.5) is 17.3 Å². The Balaban J connectivity index is 2.36. The largest absolute Gasteiger partial charge is 0.372 e. The van der Waals surface area contributed by atoms with Crippen LogP contribution in [-0.4, -0.2) is 27.8 Å². The van der Waals surface area contributed by atoms with Crippen molar-refractivity contribution in [2.75, 3.05) is 17.7 Å². The first-order chi connectivity index (χ1) is 10.0. The maximum Gasteiger partial charge on any atom is 0.288 e. The minimum absolute atomic E-state index is 0.0217. The number of halogens is 1. The Labute approximate surface area is 124 Å². The predicted molar refractivity (Wildman–Crippen MR) is 77.6 cm³/mol. The van der Waals surface area contributed by atoms with Gasteiger partial charge in [-0.15, -0.1) is 0 Å². The molecule has 21 heavy (non-hydrogen) atoms. The lowest BCUT2D eigenvalue weighted by molar-refractivity contribution is -0.385.